The van der Waals surface area contributed by atoms with Gasteiger partial charge in [0.15, 0.2) is 0 Å². The van der Waals surface area contributed by atoms with Gasteiger partial charge >= 0.3 is 0 Å². The second kappa shape index (κ2) is 7.00. The lowest BCUT2D eigenvalue weighted by Crippen LogP contribution is -2.12. The fourth-order valence-electron chi connectivity index (χ4n) is 2.17. The van der Waals surface area contributed by atoms with Crippen LogP contribution in [0.15, 0.2) is 28.8 Å². The minimum Gasteiger partial charge on any atom is -0.370 e. The lowest BCUT2D eigenvalue weighted by Gasteiger charge is -2.16. The van der Waals surface area contributed by atoms with Crippen LogP contribution in [-0.2, 0) is 11.2 Å². The molecule has 2 aromatic rings. The molecule has 5 heteroatoms. The van der Waals surface area contributed by atoms with Crippen molar-refractivity contribution in [2.24, 2.45) is 5.92 Å². The molecule has 0 bridgehead atoms. The van der Waals surface area contributed by atoms with Crippen LogP contribution in [0.25, 0.3) is 11.5 Å². The summed E-state index contributed by atoms with van der Waals surface area (Å²) in [5, 5.41) is 12.9. The maximum absolute atomic E-state index is 8.89. The predicted molar refractivity (Wildman–Crippen MR) is 78.3 cm³/mol. The molecule has 0 saturated heterocycles. The summed E-state index contributed by atoms with van der Waals surface area (Å²) < 4.78 is 11.0. The molecular weight excluding hydrogens is 266 g/mol. The second-order valence-electron chi connectivity index (χ2n) is 5.07. The van der Waals surface area contributed by atoms with E-state index in [0.717, 1.165) is 11.1 Å². The SMILES string of the molecule is CCOC(c1noc(-c2ccccc2CC#N)n1)C(C)C. The molecule has 0 aliphatic carbocycles. The van der Waals surface area contributed by atoms with Gasteiger partial charge in [-0.1, -0.05) is 37.2 Å². The molecule has 1 aromatic carbocycles. The Labute approximate surface area is 124 Å². The predicted octanol–water partition coefficient (Wildman–Crippen LogP) is 3.54. The molecule has 0 saturated carbocycles. The largest absolute Gasteiger partial charge is 0.370 e. The molecule has 0 spiro atoms. The van der Waals surface area contributed by atoms with Crippen LogP contribution in [0, 0.1) is 17.2 Å². The van der Waals surface area contributed by atoms with Crippen LogP contribution in [0.4, 0.5) is 0 Å². The molecule has 1 aromatic heterocycles. The molecule has 0 aliphatic rings. The molecule has 21 heavy (non-hydrogen) atoms. The standard InChI is InChI=1S/C16H19N3O2/c1-4-20-14(11(2)3)15-18-16(21-19-15)13-8-6-5-7-12(13)9-10-17/h5-8,11,14H,4,9H2,1-3H3. The van der Waals surface area contributed by atoms with E-state index in [1.165, 1.54) is 0 Å². The zero-order chi connectivity index (χ0) is 15.2. The number of ether oxygens (including phenoxy) is 1. The van der Waals surface area contributed by atoms with E-state index in [1.54, 1.807) is 0 Å². The molecule has 0 N–H and O–H groups in total. The van der Waals surface area contributed by atoms with Gasteiger partial charge in [0, 0.05) is 12.2 Å². The van der Waals surface area contributed by atoms with Crippen molar-refractivity contribution in [3.63, 3.8) is 0 Å². The van der Waals surface area contributed by atoms with Gasteiger partial charge in [-0.25, -0.2) is 0 Å². The molecule has 1 heterocycles. The molecular formula is C16H19N3O2. The highest BCUT2D eigenvalue weighted by Crippen LogP contribution is 2.27. The highest BCUT2D eigenvalue weighted by molar-refractivity contribution is 5.59. The molecule has 0 aliphatic heterocycles. The number of aromatic nitrogens is 2. The Morgan fingerprint density at radius 2 is 2.10 bits per heavy atom. The molecule has 0 radical (unpaired) electrons. The van der Waals surface area contributed by atoms with Gasteiger partial charge in [0.05, 0.1) is 12.5 Å². The smallest absolute Gasteiger partial charge is 0.258 e. The Morgan fingerprint density at radius 3 is 2.76 bits per heavy atom. The van der Waals surface area contributed by atoms with E-state index in [9.17, 15) is 0 Å². The fourth-order valence-corrected chi connectivity index (χ4v) is 2.17. The van der Waals surface area contributed by atoms with Gasteiger partial charge in [-0.3, -0.25) is 0 Å². The third-order valence-electron chi connectivity index (χ3n) is 3.17. The van der Waals surface area contributed by atoms with E-state index >= 15 is 0 Å². The van der Waals surface area contributed by atoms with Crippen molar-refractivity contribution >= 4 is 0 Å². The van der Waals surface area contributed by atoms with E-state index in [-0.39, 0.29) is 12.0 Å². The van der Waals surface area contributed by atoms with Crippen molar-refractivity contribution in [3.05, 3.63) is 35.7 Å². The van der Waals surface area contributed by atoms with E-state index in [0.29, 0.717) is 24.7 Å². The molecule has 0 amide bonds. The molecule has 1 unspecified atom stereocenters. The molecule has 0 fully saturated rings. The summed E-state index contributed by atoms with van der Waals surface area (Å²) in [7, 11) is 0. The van der Waals surface area contributed by atoms with Gasteiger partial charge in [0.1, 0.15) is 6.10 Å². The summed E-state index contributed by atoms with van der Waals surface area (Å²) in [4.78, 5) is 4.45. The first-order chi connectivity index (χ1) is 10.2. The normalized spacial score (nSPS) is 12.3. The maximum atomic E-state index is 8.89. The second-order valence-corrected chi connectivity index (χ2v) is 5.07. The topological polar surface area (TPSA) is 71.9 Å². The minimum absolute atomic E-state index is 0.185. The average molecular weight is 285 g/mol. The Morgan fingerprint density at radius 1 is 1.33 bits per heavy atom. The van der Waals surface area contributed by atoms with Crippen LogP contribution in [0.1, 0.15) is 38.3 Å². The third kappa shape index (κ3) is 3.47. The van der Waals surface area contributed by atoms with Gasteiger partial charge in [-0.2, -0.15) is 10.2 Å². The quantitative estimate of drug-likeness (QED) is 0.811. The average Bonchev–Trinajstić information content (AvgIpc) is 2.94. The summed E-state index contributed by atoms with van der Waals surface area (Å²) >= 11 is 0. The first kappa shape index (κ1) is 15.2. The van der Waals surface area contributed by atoms with Crippen molar-refractivity contribution in [3.8, 4) is 17.5 Å². The zero-order valence-corrected chi connectivity index (χ0v) is 12.5. The van der Waals surface area contributed by atoms with E-state index in [4.69, 9.17) is 14.5 Å². The van der Waals surface area contributed by atoms with Crippen molar-refractivity contribution < 1.29 is 9.26 Å². The van der Waals surface area contributed by atoms with Crippen LogP contribution in [-0.4, -0.2) is 16.7 Å². The summed E-state index contributed by atoms with van der Waals surface area (Å²) in [5.74, 6) is 1.24. The van der Waals surface area contributed by atoms with E-state index in [2.05, 4.69) is 30.1 Å². The van der Waals surface area contributed by atoms with Crippen LogP contribution in [0.2, 0.25) is 0 Å². The van der Waals surface area contributed by atoms with Gasteiger partial charge in [0.2, 0.25) is 5.82 Å². The highest BCUT2D eigenvalue weighted by Gasteiger charge is 2.23. The monoisotopic (exact) mass is 285 g/mol. The minimum atomic E-state index is -0.185. The number of benzene rings is 1. The molecule has 2 rings (SSSR count). The molecule has 5 nitrogen and oxygen atoms in total. The Kier molecular flexibility index (Phi) is 5.07. The van der Waals surface area contributed by atoms with E-state index in [1.807, 2.05) is 31.2 Å². The van der Waals surface area contributed by atoms with Crippen molar-refractivity contribution in [2.75, 3.05) is 6.61 Å². The molecule has 110 valence electrons. The Balaban J connectivity index is 2.34. The third-order valence-corrected chi connectivity index (χ3v) is 3.17. The summed E-state index contributed by atoms with van der Waals surface area (Å²) in [6.07, 6.45) is 0.128. The van der Waals surface area contributed by atoms with Gasteiger partial charge < -0.3 is 9.26 Å². The van der Waals surface area contributed by atoms with Crippen LogP contribution in [0.5, 0.6) is 0 Å². The molecule has 1 atom stereocenters. The number of rotatable bonds is 6. The van der Waals surface area contributed by atoms with Crippen LogP contribution >= 0.6 is 0 Å². The first-order valence-electron chi connectivity index (χ1n) is 7.07. The summed E-state index contributed by atoms with van der Waals surface area (Å²) in [5.41, 5.74) is 1.68. The van der Waals surface area contributed by atoms with E-state index < -0.39 is 0 Å². The van der Waals surface area contributed by atoms with Crippen molar-refractivity contribution in [1.29, 1.82) is 5.26 Å². The van der Waals surface area contributed by atoms with Crippen molar-refractivity contribution in [2.45, 2.75) is 33.3 Å². The fraction of sp³-hybridized carbons (Fsp3) is 0.438. The van der Waals surface area contributed by atoms with Crippen molar-refractivity contribution in [1.82, 2.24) is 10.1 Å². The highest BCUT2D eigenvalue weighted by atomic mass is 16.5. The lowest BCUT2D eigenvalue weighted by molar-refractivity contribution is 0.0217. The lowest BCUT2D eigenvalue weighted by atomic mass is 10.0. The zero-order valence-electron chi connectivity index (χ0n) is 12.5. The van der Waals surface area contributed by atoms with Crippen LogP contribution in [0.3, 0.4) is 0 Å². The Bertz CT molecular complexity index is 628. The number of nitriles is 1. The number of hydrogen-bond donors (Lipinski definition) is 0. The maximum Gasteiger partial charge on any atom is 0.258 e. The Hall–Kier alpha value is -2.19. The number of hydrogen-bond acceptors (Lipinski definition) is 5. The first-order valence-corrected chi connectivity index (χ1v) is 7.07. The van der Waals surface area contributed by atoms with Gasteiger partial charge in [-0.15, -0.1) is 0 Å². The number of nitrogens with zero attached hydrogens (tertiary/aromatic N) is 3. The summed E-state index contributed by atoms with van der Waals surface area (Å²) in [6, 6.07) is 9.71. The van der Waals surface area contributed by atoms with Gasteiger partial charge in [-0.05, 0) is 24.5 Å². The van der Waals surface area contributed by atoms with Crippen LogP contribution < -0.4 is 0 Å². The van der Waals surface area contributed by atoms with Gasteiger partial charge in [0.25, 0.3) is 5.89 Å². The summed E-state index contributed by atoms with van der Waals surface area (Å²) in [6.45, 7) is 6.65.